The summed E-state index contributed by atoms with van der Waals surface area (Å²) in [4.78, 5) is 41.8. The molecule has 4 amide bonds. The molecule has 8 rings (SSSR count). The molecular weight excluding hydrogens is 760 g/mol. The van der Waals surface area contributed by atoms with Gasteiger partial charge in [0.15, 0.2) is 16.2 Å². The van der Waals surface area contributed by atoms with Crippen molar-refractivity contribution in [3.8, 4) is 0 Å². The minimum atomic E-state index is -0.934. The number of halogens is 2. The summed E-state index contributed by atoms with van der Waals surface area (Å²) in [7, 11) is 6.86. The van der Waals surface area contributed by atoms with Crippen LogP contribution in [0, 0.1) is 10.8 Å². The lowest BCUT2D eigenvalue weighted by molar-refractivity contribution is -0.138. The van der Waals surface area contributed by atoms with Crippen molar-refractivity contribution in [3.05, 3.63) is 67.6 Å². The van der Waals surface area contributed by atoms with E-state index in [0.29, 0.717) is 11.2 Å². The molecular formula is C36H42Br2N4O5S. The molecule has 4 spiro atoms. The molecule has 0 bridgehead atoms. The summed E-state index contributed by atoms with van der Waals surface area (Å²) in [6, 6.07) is 12.1. The Hall–Kier alpha value is -2.38. The van der Waals surface area contributed by atoms with Crippen LogP contribution >= 0.6 is 44.1 Å². The van der Waals surface area contributed by atoms with Gasteiger partial charge in [0.2, 0.25) is 0 Å². The third-order valence-corrected chi connectivity index (χ3v) is 13.9. The molecule has 12 heteroatoms. The first-order valence-electron chi connectivity index (χ1n) is 16.7. The fourth-order valence-corrected chi connectivity index (χ4v) is 10.9. The van der Waals surface area contributed by atoms with Crippen molar-refractivity contribution < 1.29 is 23.9 Å². The van der Waals surface area contributed by atoms with Gasteiger partial charge < -0.3 is 20.1 Å². The van der Waals surface area contributed by atoms with Crippen LogP contribution in [0.3, 0.4) is 0 Å². The number of fused-ring (bicyclic) bond motifs is 6. The number of carbonyl (C=O) groups excluding carboxylic acids is 3. The first-order valence-corrected chi connectivity index (χ1v) is 18.7. The fourth-order valence-electron chi connectivity index (χ4n) is 9.90. The number of amides is 4. The predicted molar refractivity (Wildman–Crippen MR) is 192 cm³/mol. The van der Waals surface area contributed by atoms with E-state index in [4.69, 9.17) is 21.7 Å². The summed E-state index contributed by atoms with van der Waals surface area (Å²) in [5, 5.41) is 7.06. The van der Waals surface area contributed by atoms with Gasteiger partial charge in [0.1, 0.15) is 0 Å². The van der Waals surface area contributed by atoms with Crippen LogP contribution in [0.5, 0.6) is 0 Å². The van der Waals surface area contributed by atoms with E-state index in [9.17, 15) is 14.4 Å². The van der Waals surface area contributed by atoms with E-state index in [1.165, 1.54) is 10.5 Å². The quantitative estimate of drug-likeness (QED) is 0.281. The van der Waals surface area contributed by atoms with Crippen LogP contribution in [0.15, 0.2) is 45.3 Å². The number of imide groups is 1. The minimum Gasteiger partial charge on any atom is -0.381 e. The van der Waals surface area contributed by atoms with Crippen LogP contribution in [-0.4, -0.2) is 73.3 Å². The molecule has 2 aromatic rings. The number of urea groups is 1. The second kappa shape index (κ2) is 12.1. The average Bonchev–Trinajstić information content (AvgIpc) is 3.68. The molecule has 4 fully saturated rings. The van der Waals surface area contributed by atoms with Crippen LogP contribution in [0.1, 0.15) is 73.6 Å². The Morgan fingerprint density at radius 3 is 1.48 bits per heavy atom. The van der Waals surface area contributed by atoms with Crippen LogP contribution in [-0.2, 0) is 43.0 Å². The molecule has 256 valence electrons. The number of methoxy groups -OCH3 is 2. The number of hydrogen-bond acceptors (Lipinski definition) is 6. The SMILES string of the molecule is COC1CCC2(CC1)Cc1ccc(Br)cc1C21NC(=O)N(C)C1=O.COC1CCC2(CC1)Cc1ccc(Br)cc1C21NC(=S)N(C)C1=O. The molecule has 0 aromatic heterocycles. The van der Waals surface area contributed by atoms with E-state index >= 15 is 0 Å². The minimum absolute atomic E-state index is 0.0835. The first-order chi connectivity index (χ1) is 22.9. The molecule has 9 nitrogen and oxygen atoms in total. The number of ether oxygens (including phenoxy) is 2. The third kappa shape index (κ3) is 4.72. The highest BCUT2D eigenvalue weighted by atomic mass is 79.9. The largest absolute Gasteiger partial charge is 0.381 e. The fraction of sp³-hybridized carbons (Fsp3) is 0.556. The van der Waals surface area contributed by atoms with Gasteiger partial charge in [-0.3, -0.25) is 19.4 Å². The molecule has 6 aliphatic rings. The van der Waals surface area contributed by atoms with Crippen molar-refractivity contribution in [1.82, 2.24) is 20.4 Å². The van der Waals surface area contributed by atoms with Crippen LogP contribution in [0.2, 0.25) is 0 Å². The zero-order valence-corrected chi connectivity index (χ0v) is 31.8. The van der Waals surface area contributed by atoms with Gasteiger partial charge in [-0.05, 0) is 123 Å². The number of nitrogens with zero attached hydrogens (tertiary/aromatic N) is 2. The van der Waals surface area contributed by atoms with E-state index in [-0.39, 0.29) is 34.8 Å². The number of nitrogens with one attached hydrogen (secondary N) is 2. The number of carbonyl (C=O) groups is 3. The molecule has 2 saturated carbocycles. The maximum absolute atomic E-state index is 13.4. The topological polar surface area (TPSA) is 100 Å². The summed E-state index contributed by atoms with van der Waals surface area (Å²) in [6.07, 6.45) is 9.76. The van der Waals surface area contributed by atoms with Crippen LogP contribution < -0.4 is 10.6 Å². The standard InChI is InChI=1S/C18H21BrN2O3.C18H21BrN2O2S/c1-21-15(22)18(20-16(21)23)14-9-12(19)4-3-11(14)10-17(18)7-5-13(24-2)6-8-17;1-21-15(22)18(20-16(21)24)14-9-12(19)4-3-11(14)10-17(18)7-5-13(23-2)6-8-17/h3-4,9,13H,5-8,10H2,1-2H3,(H,20,23);3-4,9,13H,5-8,10H2,1-2H3,(H,20,24). The Bertz CT molecular complexity index is 1580. The van der Waals surface area contributed by atoms with Crippen molar-refractivity contribution >= 4 is 67.0 Å². The molecule has 0 radical (unpaired) electrons. The Balaban J connectivity index is 0.000000152. The normalized spacial score (nSPS) is 35.0. The van der Waals surface area contributed by atoms with Gasteiger partial charge in [0, 0.05) is 48.1 Å². The smallest absolute Gasteiger partial charge is 0.325 e. The lowest BCUT2D eigenvalue weighted by Gasteiger charge is -2.46. The number of likely N-dealkylation sites (N-methyl/N-ethyl adjacent to an activating group) is 2. The summed E-state index contributed by atoms with van der Waals surface area (Å²) >= 11 is 12.5. The van der Waals surface area contributed by atoms with Crippen LogP contribution in [0.25, 0.3) is 0 Å². The maximum atomic E-state index is 13.4. The highest BCUT2D eigenvalue weighted by Crippen LogP contribution is 2.61. The predicted octanol–water partition coefficient (Wildman–Crippen LogP) is 6.08. The molecule has 2 atom stereocenters. The van der Waals surface area contributed by atoms with E-state index in [1.807, 2.05) is 12.1 Å². The van der Waals surface area contributed by atoms with Crippen molar-refractivity contribution in [2.75, 3.05) is 28.3 Å². The van der Waals surface area contributed by atoms with Crippen LogP contribution in [0.4, 0.5) is 4.79 Å². The average molecular weight is 803 g/mol. The van der Waals surface area contributed by atoms with E-state index in [2.05, 4.69) is 66.8 Å². The Morgan fingerprint density at radius 2 is 1.12 bits per heavy atom. The molecule has 2 N–H and O–H groups in total. The molecule has 48 heavy (non-hydrogen) atoms. The number of thiocarbonyl (C=S) groups is 1. The van der Waals surface area contributed by atoms with Gasteiger partial charge in [-0.1, -0.05) is 44.0 Å². The molecule has 2 aromatic carbocycles. The molecule has 2 saturated heterocycles. The monoisotopic (exact) mass is 800 g/mol. The Morgan fingerprint density at radius 1 is 0.708 bits per heavy atom. The van der Waals surface area contributed by atoms with Crippen molar-refractivity contribution in [2.45, 2.75) is 87.5 Å². The second-order valence-electron chi connectivity index (χ2n) is 14.5. The summed E-state index contributed by atoms with van der Waals surface area (Å²) < 4.78 is 13.0. The molecule has 2 aliphatic heterocycles. The summed E-state index contributed by atoms with van der Waals surface area (Å²) in [6.45, 7) is 0. The number of hydrogen-bond donors (Lipinski definition) is 2. The highest BCUT2D eigenvalue weighted by molar-refractivity contribution is 9.10. The third-order valence-electron chi connectivity index (χ3n) is 12.5. The van der Waals surface area contributed by atoms with Gasteiger partial charge in [-0.2, -0.15) is 0 Å². The van der Waals surface area contributed by atoms with Gasteiger partial charge in [0.25, 0.3) is 11.8 Å². The Labute approximate surface area is 304 Å². The number of benzene rings is 2. The highest BCUT2D eigenvalue weighted by Gasteiger charge is 2.68. The zero-order chi connectivity index (χ0) is 34.2. The first kappa shape index (κ1) is 34.1. The lowest BCUT2D eigenvalue weighted by atomic mass is 9.61. The molecule has 2 unspecified atom stereocenters. The second-order valence-corrected chi connectivity index (χ2v) is 16.7. The number of rotatable bonds is 2. The van der Waals surface area contributed by atoms with Crippen molar-refractivity contribution in [1.29, 1.82) is 0 Å². The van der Waals surface area contributed by atoms with Gasteiger partial charge in [-0.25, -0.2) is 4.79 Å². The van der Waals surface area contributed by atoms with E-state index < -0.39 is 11.1 Å². The van der Waals surface area contributed by atoms with E-state index in [1.54, 1.807) is 33.2 Å². The Kier molecular flexibility index (Phi) is 8.62. The van der Waals surface area contributed by atoms with Gasteiger partial charge in [-0.15, -0.1) is 0 Å². The molecule has 4 aliphatic carbocycles. The maximum Gasteiger partial charge on any atom is 0.325 e. The summed E-state index contributed by atoms with van der Waals surface area (Å²) in [5.74, 6) is -0.0413. The summed E-state index contributed by atoms with van der Waals surface area (Å²) in [5.41, 5.74) is 2.42. The van der Waals surface area contributed by atoms with Gasteiger partial charge in [0.05, 0.1) is 12.2 Å². The zero-order valence-electron chi connectivity index (χ0n) is 27.8. The van der Waals surface area contributed by atoms with Crippen molar-refractivity contribution in [3.63, 3.8) is 0 Å². The molecule has 2 heterocycles. The van der Waals surface area contributed by atoms with Gasteiger partial charge >= 0.3 is 6.03 Å². The van der Waals surface area contributed by atoms with Crippen molar-refractivity contribution in [2.24, 2.45) is 10.8 Å². The lowest BCUT2D eigenvalue weighted by Crippen LogP contribution is -2.56. The van der Waals surface area contributed by atoms with E-state index in [0.717, 1.165) is 89.8 Å².